The predicted molar refractivity (Wildman–Crippen MR) is 159 cm³/mol. The fourth-order valence-electron chi connectivity index (χ4n) is 4.51. The van der Waals surface area contributed by atoms with Crippen molar-refractivity contribution < 1.29 is 13.2 Å². The lowest BCUT2D eigenvalue weighted by Gasteiger charge is -2.25. The molecule has 1 N–H and O–H groups in total. The molecule has 196 valence electrons. The van der Waals surface area contributed by atoms with Crippen LogP contribution in [-0.4, -0.2) is 27.1 Å². The minimum Gasteiger partial charge on any atom is -0.271 e. The monoisotopic (exact) mass is 555 g/mol. The Morgan fingerprint density at radius 3 is 2.13 bits per heavy atom. The van der Waals surface area contributed by atoms with Crippen molar-refractivity contribution in [3.05, 3.63) is 119 Å². The third-order valence-electron chi connectivity index (χ3n) is 6.53. The number of amides is 1. The van der Waals surface area contributed by atoms with Gasteiger partial charge in [-0.1, -0.05) is 83.9 Å². The molecule has 0 unspecified atom stereocenters. The van der Waals surface area contributed by atoms with Crippen molar-refractivity contribution in [1.82, 2.24) is 5.43 Å². The highest BCUT2D eigenvalue weighted by Gasteiger charge is 2.28. The summed E-state index contributed by atoms with van der Waals surface area (Å²) in [6, 6.07) is 29.4. The first-order valence-electron chi connectivity index (χ1n) is 12.3. The number of fused-ring (bicyclic) bond motifs is 2. The molecule has 0 saturated carbocycles. The zero-order chi connectivity index (χ0) is 27.6. The summed E-state index contributed by atoms with van der Waals surface area (Å²) in [4.78, 5) is 13.2. The van der Waals surface area contributed by atoms with Crippen LogP contribution in [0.4, 0.5) is 5.69 Å². The summed E-state index contributed by atoms with van der Waals surface area (Å²) in [6.07, 6.45) is 1.60. The molecular formula is C31H26ClN3O3S. The van der Waals surface area contributed by atoms with E-state index in [2.05, 4.69) is 16.6 Å². The average Bonchev–Trinajstić information content (AvgIpc) is 2.93. The van der Waals surface area contributed by atoms with E-state index in [1.165, 1.54) is 12.1 Å². The number of aryl methyl sites for hydroxylation is 2. The Bertz CT molecular complexity index is 1780. The Kier molecular flexibility index (Phi) is 7.37. The number of nitrogens with one attached hydrogen (secondary N) is 1. The highest BCUT2D eigenvalue weighted by Crippen LogP contribution is 2.30. The number of carbonyl (C=O) groups is 1. The molecule has 0 heterocycles. The largest absolute Gasteiger partial charge is 0.271 e. The topological polar surface area (TPSA) is 78.8 Å². The number of benzene rings is 5. The van der Waals surface area contributed by atoms with Gasteiger partial charge in [-0.2, -0.15) is 5.10 Å². The molecule has 0 atom stereocenters. The maximum atomic E-state index is 13.7. The van der Waals surface area contributed by atoms with Gasteiger partial charge in [0.05, 0.1) is 16.8 Å². The third kappa shape index (κ3) is 5.50. The summed E-state index contributed by atoms with van der Waals surface area (Å²) in [6.45, 7) is 3.16. The summed E-state index contributed by atoms with van der Waals surface area (Å²) < 4.78 is 28.5. The Labute approximate surface area is 232 Å². The quantitative estimate of drug-likeness (QED) is 0.139. The number of halogens is 1. The number of rotatable bonds is 7. The normalized spacial score (nSPS) is 11.8. The van der Waals surface area contributed by atoms with Crippen LogP contribution in [0.15, 0.2) is 107 Å². The highest BCUT2D eigenvalue weighted by molar-refractivity contribution is 7.92. The van der Waals surface area contributed by atoms with Crippen LogP contribution in [0.25, 0.3) is 21.5 Å². The number of hydrazone groups is 1. The van der Waals surface area contributed by atoms with Crippen LogP contribution in [-0.2, 0) is 14.8 Å². The first kappa shape index (κ1) is 26.4. The van der Waals surface area contributed by atoms with E-state index in [0.29, 0.717) is 16.3 Å². The summed E-state index contributed by atoms with van der Waals surface area (Å²) >= 11 is 6.22. The summed E-state index contributed by atoms with van der Waals surface area (Å²) in [5, 5.41) is 8.67. The van der Waals surface area contributed by atoms with Gasteiger partial charge in [-0.05, 0) is 71.3 Å². The molecule has 0 aliphatic carbocycles. The van der Waals surface area contributed by atoms with Crippen LogP contribution in [0, 0.1) is 13.8 Å². The summed E-state index contributed by atoms with van der Waals surface area (Å²) in [5.41, 5.74) is 5.28. The van der Waals surface area contributed by atoms with Crippen molar-refractivity contribution in [3.63, 3.8) is 0 Å². The smallest absolute Gasteiger partial charge is 0.264 e. The second-order valence-corrected chi connectivity index (χ2v) is 11.6. The van der Waals surface area contributed by atoms with Crippen LogP contribution in [0.2, 0.25) is 5.02 Å². The molecule has 0 aromatic heterocycles. The van der Waals surface area contributed by atoms with Crippen molar-refractivity contribution >= 4 is 61.0 Å². The van der Waals surface area contributed by atoms with Crippen LogP contribution < -0.4 is 9.73 Å². The molecule has 0 aliphatic heterocycles. The molecule has 0 saturated heterocycles. The molecule has 0 fully saturated rings. The van der Waals surface area contributed by atoms with Gasteiger partial charge in [0.1, 0.15) is 6.54 Å². The number of sulfonamides is 1. The molecule has 0 aliphatic rings. The minimum absolute atomic E-state index is 0.0750. The number of carbonyl (C=O) groups excluding carboxylic acids is 1. The van der Waals surface area contributed by atoms with Crippen LogP contribution in [0.3, 0.4) is 0 Å². The van der Waals surface area contributed by atoms with E-state index < -0.39 is 22.5 Å². The van der Waals surface area contributed by atoms with Gasteiger partial charge in [0.25, 0.3) is 15.9 Å². The van der Waals surface area contributed by atoms with Crippen LogP contribution >= 0.6 is 11.6 Å². The Hall–Kier alpha value is -4.20. The maximum Gasteiger partial charge on any atom is 0.264 e. The molecule has 0 bridgehead atoms. The predicted octanol–water partition coefficient (Wildman–Crippen LogP) is 6.61. The summed E-state index contributed by atoms with van der Waals surface area (Å²) in [5.74, 6) is -0.592. The van der Waals surface area contributed by atoms with Crippen LogP contribution in [0.1, 0.15) is 16.7 Å². The number of hydrogen-bond acceptors (Lipinski definition) is 4. The van der Waals surface area contributed by atoms with E-state index >= 15 is 0 Å². The van der Waals surface area contributed by atoms with Gasteiger partial charge in [-0.15, -0.1) is 0 Å². The molecule has 6 nitrogen and oxygen atoms in total. The molecule has 39 heavy (non-hydrogen) atoms. The molecule has 5 aromatic carbocycles. The van der Waals surface area contributed by atoms with Crippen molar-refractivity contribution in [3.8, 4) is 0 Å². The van der Waals surface area contributed by atoms with Gasteiger partial charge in [0.2, 0.25) is 0 Å². The first-order valence-corrected chi connectivity index (χ1v) is 14.1. The molecule has 5 rings (SSSR count). The molecule has 0 radical (unpaired) electrons. The average molecular weight is 556 g/mol. The van der Waals surface area contributed by atoms with Crippen molar-refractivity contribution in [2.75, 3.05) is 10.8 Å². The van der Waals surface area contributed by atoms with E-state index in [4.69, 9.17) is 11.6 Å². The maximum absolute atomic E-state index is 13.7. The van der Waals surface area contributed by atoms with Gasteiger partial charge < -0.3 is 0 Å². The molecule has 5 aromatic rings. The number of anilines is 1. The fourth-order valence-corrected chi connectivity index (χ4v) is 6.15. The van der Waals surface area contributed by atoms with Crippen molar-refractivity contribution in [1.29, 1.82) is 0 Å². The SMILES string of the molecule is Cc1ccc(S(=O)(=O)N(CC(=O)N/N=C\c2c3ccccc3cc3ccccc23)c2cc(Cl)ccc2C)cc1. The molecule has 1 amide bonds. The lowest BCUT2D eigenvalue weighted by atomic mass is 9.97. The first-order chi connectivity index (χ1) is 18.7. The zero-order valence-electron chi connectivity index (χ0n) is 21.4. The zero-order valence-corrected chi connectivity index (χ0v) is 23.0. The van der Waals surface area contributed by atoms with Gasteiger partial charge in [0, 0.05) is 10.6 Å². The third-order valence-corrected chi connectivity index (χ3v) is 8.54. The lowest BCUT2D eigenvalue weighted by Crippen LogP contribution is -2.40. The van der Waals surface area contributed by atoms with E-state index in [1.54, 1.807) is 43.5 Å². The Balaban J connectivity index is 1.47. The van der Waals surface area contributed by atoms with Crippen LogP contribution in [0.5, 0.6) is 0 Å². The molecule has 8 heteroatoms. The van der Waals surface area contributed by atoms with E-state index in [9.17, 15) is 13.2 Å². The second-order valence-electron chi connectivity index (χ2n) is 9.28. The van der Waals surface area contributed by atoms with E-state index in [1.807, 2.05) is 55.5 Å². The second kappa shape index (κ2) is 10.9. The molecule has 0 spiro atoms. The van der Waals surface area contributed by atoms with Gasteiger partial charge in [-0.3, -0.25) is 9.10 Å². The Morgan fingerprint density at radius 2 is 1.49 bits per heavy atom. The van der Waals surface area contributed by atoms with E-state index in [-0.39, 0.29) is 4.90 Å². The summed E-state index contributed by atoms with van der Waals surface area (Å²) in [7, 11) is -4.08. The number of nitrogens with zero attached hydrogens (tertiary/aromatic N) is 2. The highest BCUT2D eigenvalue weighted by atomic mass is 35.5. The molecular weight excluding hydrogens is 530 g/mol. The fraction of sp³-hybridized carbons (Fsp3) is 0.0968. The lowest BCUT2D eigenvalue weighted by molar-refractivity contribution is -0.119. The van der Waals surface area contributed by atoms with Crippen molar-refractivity contribution in [2.24, 2.45) is 5.10 Å². The van der Waals surface area contributed by atoms with E-state index in [0.717, 1.165) is 37.0 Å². The standard InChI is InChI=1S/C31H26ClN3O3S/c1-21-11-15-26(16-12-21)39(37,38)35(30-18-25(32)14-13-22(30)2)20-31(36)34-33-19-29-27-9-5-3-7-23(27)17-24-8-4-6-10-28(24)29/h3-19H,20H2,1-2H3,(H,34,36)/b33-19-. The van der Waals surface area contributed by atoms with Gasteiger partial charge in [-0.25, -0.2) is 13.8 Å². The van der Waals surface area contributed by atoms with Gasteiger partial charge >= 0.3 is 0 Å². The minimum atomic E-state index is -4.08. The van der Waals surface area contributed by atoms with Gasteiger partial charge in [0.15, 0.2) is 0 Å². The number of hydrogen-bond donors (Lipinski definition) is 1. The van der Waals surface area contributed by atoms with Crippen molar-refractivity contribution in [2.45, 2.75) is 18.7 Å². The Morgan fingerprint density at radius 1 is 0.872 bits per heavy atom.